The van der Waals surface area contributed by atoms with Crippen LogP contribution in [-0.4, -0.2) is 59.6 Å². The van der Waals surface area contributed by atoms with E-state index < -0.39 is 5.97 Å². The van der Waals surface area contributed by atoms with Gasteiger partial charge in [0.1, 0.15) is 6.04 Å². The Morgan fingerprint density at radius 3 is 2.34 bits per heavy atom. The summed E-state index contributed by atoms with van der Waals surface area (Å²) in [6.07, 6.45) is 16.2. The summed E-state index contributed by atoms with van der Waals surface area (Å²) in [7, 11) is 0. The zero-order chi connectivity index (χ0) is 26.3. The van der Waals surface area contributed by atoms with Gasteiger partial charge in [0.25, 0.3) is 0 Å². The Hall–Kier alpha value is -2.61. The molecule has 0 bridgehead atoms. The van der Waals surface area contributed by atoms with Crippen molar-refractivity contribution >= 4 is 5.97 Å². The molecule has 4 heteroatoms. The highest BCUT2D eigenvalue weighted by Gasteiger charge is 2.41. The van der Waals surface area contributed by atoms with Gasteiger partial charge in [0, 0.05) is 31.1 Å². The maximum Gasteiger partial charge on any atom is 0.320 e. The van der Waals surface area contributed by atoms with Gasteiger partial charge in [-0.25, -0.2) is 0 Å². The molecule has 5 rings (SSSR count). The molecule has 3 atom stereocenters. The summed E-state index contributed by atoms with van der Waals surface area (Å²) >= 11 is 0. The minimum absolute atomic E-state index is 0.329. The first-order chi connectivity index (χ1) is 18.6. The molecule has 1 saturated carbocycles. The van der Waals surface area contributed by atoms with E-state index >= 15 is 0 Å². The number of carboxylic acids is 1. The Balaban J connectivity index is 1.13. The molecule has 1 N–H and O–H groups in total. The monoisotopic (exact) mass is 512 g/mol. The summed E-state index contributed by atoms with van der Waals surface area (Å²) < 4.78 is 0. The third-order valence-corrected chi connectivity index (χ3v) is 9.60. The van der Waals surface area contributed by atoms with Crippen LogP contribution in [0.4, 0.5) is 0 Å². The third kappa shape index (κ3) is 6.87. The minimum atomic E-state index is -0.628. The van der Waals surface area contributed by atoms with E-state index in [2.05, 4.69) is 58.2 Å². The normalized spacial score (nSPS) is 24.1. The summed E-state index contributed by atoms with van der Waals surface area (Å²) in [6, 6.07) is 19.0. The summed E-state index contributed by atoms with van der Waals surface area (Å²) in [5, 5.41) is 10.1. The number of nitrogens with zero attached hydrogens (tertiary/aromatic N) is 2. The molecule has 1 aliphatic carbocycles. The number of hydrogen-bond donors (Lipinski definition) is 1. The van der Waals surface area contributed by atoms with Crippen LogP contribution in [0.5, 0.6) is 0 Å². The maximum absolute atomic E-state index is 12.3. The quantitative estimate of drug-likeness (QED) is 0.372. The van der Waals surface area contributed by atoms with Gasteiger partial charge in [-0.3, -0.25) is 9.69 Å². The molecule has 2 aliphatic heterocycles. The molecule has 4 nitrogen and oxygen atoms in total. The van der Waals surface area contributed by atoms with Crippen molar-refractivity contribution in [1.29, 1.82) is 0 Å². The molecule has 0 amide bonds. The average molecular weight is 513 g/mol. The van der Waals surface area contributed by atoms with E-state index in [1.165, 1.54) is 69.2 Å². The van der Waals surface area contributed by atoms with Crippen LogP contribution in [0.25, 0.3) is 0 Å². The van der Waals surface area contributed by atoms with Crippen molar-refractivity contribution in [2.45, 2.75) is 69.7 Å². The van der Waals surface area contributed by atoms with Crippen molar-refractivity contribution in [2.75, 3.05) is 32.7 Å². The fraction of sp³-hybridized carbons (Fsp3) is 0.559. The highest BCUT2D eigenvalue weighted by atomic mass is 16.4. The molecule has 0 spiro atoms. The van der Waals surface area contributed by atoms with Gasteiger partial charge in [-0.1, -0.05) is 74.1 Å². The second-order valence-electron chi connectivity index (χ2n) is 12.1. The van der Waals surface area contributed by atoms with Crippen LogP contribution < -0.4 is 0 Å². The van der Waals surface area contributed by atoms with Crippen LogP contribution in [0.3, 0.4) is 0 Å². The fourth-order valence-electron chi connectivity index (χ4n) is 7.02. The van der Waals surface area contributed by atoms with E-state index in [4.69, 9.17) is 6.42 Å². The SMILES string of the molecule is C#Cc1ccc(CCCC2CCN(C[C@H]3CN([C@H](CC4CCC4)C(=O)O)C[C@@H]3c3ccccc3)CC2)cc1. The summed E-state index contributed by atoms with van der Waals surface area (Å²) in [5.41, 5.74) is 3.71. The molecule has 202 valence electrons. The molecular formula is C34H44N2O2. The predicted octanol–water partition coefficient (Wildman–Crippen LogP) is 6.06. The van der Waals surface area contributed by atoms with Crippen molar-refractivity contribution in [3.8, 4) is 12.3 Å². The first kappa shape index (κ1) is 27.0. The van der Waals surface area contributed by atoms with Crippen LogP contribution in [0.2, 0.25) is 0 Å². The number of carboxylic acid groups (broad SMARTS) is 1. The Kier molecular flexibility index (Phi) is 9.20. The van der Waals surface area contributed by atoms with Gasteiger partial charge in [0.15, 0.2) is 0 Å². The molecule has 2 aromatic carbocycles. The van der Waals surface area contributed by atoms with Crippen molar-refractivity contribution in [1.82, 2.24) is 9.80 Å². The zero-order valence-electron chi connectivity index (χ0n) is 22.8. The smallest absolute Gasteiger partial charge is 0.320 e. The fourth-order valence-corrected chi connectivity index (χ4v) is 7.02. The van der Waals surface area contributed by atoms with E-state index in [1.807, 2.05) is 12.1 Å². The number of rotatable bonds is 11. The van der Waals surface area contributed by atoms with Crippen LogP contribution in [0.15, 0.2) is 54.6 Å². The Morgan fingerprint density at radius 2 is 1.71 bits per heavy atom. The van der Waals surface area contributed by atoms with Gasteiger partial charge in [-0.2, -0.15) is 0 Å². The summed E-state index contributed by atoms with van der Waals surface area (Å²) in [5.74, 6) is 4.39. The van der Waals surface area contributed by atoms with Gasteiger partial charge < -0.3 is 10.0 Å². The van der Waals surface area contributed by atoms with Crippen molar-refractivity contribution in [3.05, 3.63) is 71.3 Å². The lowest BCUT2D eigenvalue weighted by molar-refractivity contribution is -0.144. The number of piperidine rings is 1. The molecule has 38 heavy (non-hydrogen) atoms. The Bertz CT molecular complexity index is 1060. The topological polar surface area (TPSA) is 43.8 Å². The zero-order valence-corrected chi connectivity index (χ0v) is 22.8. The second-order valence-corrected chi connectivity index (χ2v) is 12.1. The number of aliphatic carboxylic acids is 1. The standard InChI is InChI=1S/C34H44N2O2/c1-2-26-14-16-27(17-15-26)8-6-9-28-18-20-35(21-19-28)23-31-24-36(25-32(31)30-12-4-3-5-13-30)33(34(37)38)22-29-10-7-11-29/h1,3-5,12-17,28-29,31-33H,6-11,18-25H2,(H,37,38)/t31-,32+,33+/m0/s1. The highest BCUT2D eigenvalue weighted by molar-refractivity contribution is 5.73. The highest BCUT2D eigenvalue weighted by Crippen LogP contribution is 2.38. The van der Waals surface area contributed by atoms with Gasteiger partial charge in [-0.15, -0.1) is 6.42 Å². The van der Waals surface area contributed by atoms with Crippen LogP contribution in [-0.2, 0) is 11.2 Å². The molecule has 0 aromatic heterocycles. The van der Waals surface area contributed by atoms with Crippen molar-refractivity contribution < 1.29 is 9.90 Å². The largest absolute Gasteiger partial charge is 0.480 e. The van der Waals surface area contributed by atoms with Crippen molar-refractivity contribution in [2.24, 2.45) is 17.8 Å². The van der Waals surface area contributed by atoms with E-state index in [-0.39, 0.29) is 6.04 Å². The number of benzene rings is 2. The molecular weight excluding hydrogens is 468 g/mol. The predicted molar refractivity (Wildman–Crippen MR) is 154 cm³/mol. The number of likely N-dealkylation sites (tertiary alicyclic amines) is 2. The van der Waals surface area contributed by atoms with Crippen LogP contribution in [0.1, 0.15) is 74.0 Å². The molecule has 2 aromatic rings. The Labute approximate surface area is 229 Å². The first-order valence-corrected chi connectivity index (χ1v) is 14.9. The molecule has 0 radical (unpaired) electrons. The van der Waals surface area contributed by atoms with Crippen LogP contribution in [0, 0.1) is 30.1 Å². The third-order valence-electron chi connectivity index (χ3n) is 9.60. The minimum Gasteiger partial charge on any atom is -0.480 e. The summed E-state index contributed by atoms with van der Waals surface area (Å²) in [4.78, 5) is 17.3. The maximum atomic E-state index is 12.3. The van der Waals surface area contributed by atoms with E-state index in [0.717, 1.165) is 44.0 Å². The van der Waals surface area contributed by atoms with E-state index in [0.29, 0.717) is 17.8 Å². The Morgan fingerprint density at radius 1 is 0.974 bits per heavy atom. The molecule has 3 fully saturated rings. The van der Waals surface area contributed by atoms with E-state index in [1.54, 1.807) is 0 Å². The molecule has 2 saturated heterocycles. The van der Waals surface area contributed by atoms with Crippen LogP contribution >= 0.6 is 0 Å². The van der Waals surface area contributed by atoms with Gasteiger partial charge in [-0.05, 0) is 86.2 Å². The second kappa shape index (κ2) is 13.0. The van der Waals surface area contributed by atoms with E-state index in [9.17, 15) is 9.90 Å². The number of carbonyl (C=O) groups is 1. The molecule has 3 aliphatic rings. The van der Waals surface area contributed by atoms with Crippen molar-refractivity contribution in [3.63, 3.8) is 0 Å². The number of hydrogen-bond acceptors (Lipinski definition) is 3. The molecule has 2 heterocycles. The molecule has 0 unspecified atom stereocenters. The van der Waals surface area contributed by atoms with Gasteiger partial charge in [0.2, 0.25) is 0 Å². The first-order valence-electron chi connectivity index (χ1n) is 14.9. The van der Waals surface area contributed by atoms with Gasteiger partial charge in [0.05, 0.1) is 0 Å². The average Bonchev–Trinajstić information content (AvgIpc) is 3.33. The van der Waals surface area contributed by atoms with Gasteiger partial charge >= 0.3 is 5.97 Å². The number of terminal acetylenes is 1. The number of aryl methyl sites for hydroxylation is 1. The lowest BCUT2D eigenvalue weighted by Gasteiger charge is -2.35. The lowest BCUT2D eigenvalue weighted by Crippen LogP contribution is -2.43. The summed E-state index contributed by atoms with van der Waals surface area (Å²) in [6.45, 7) is 5.20. The lowest BCUT2D eigenvalue weighted by atomic mass is 9.80.